The first kappa shape index (κ1) is 12.1. The molecule has 1 aromatic rings. The summed E-state index contributed by atoms with van der Waals surface area (Å²) in [6.45, 7) is 3.54. The van der Waals surface area contributed by atoms with Crippen LogP contribution in [0.4, 0.5) is 0 Å². The topological polar surface area (TPSA) is 54.0 Å². The van der Waals surface area contributed by atoms with Gasteiger partial charge >= 0.3 is 0 Å². The number of hydrogen-bond acceptors (Lipinski definition) is 4. The second kappa shape index (κ2) is 6.53. The van der Waals surface area contributed by atoms with Gasteiger partial charge in [0.1, 0.15) is 0 Å². The Kier molecular flexibility index (Phi) is 5.28. The van der Waals surface area contributed by atoms with Gasteiger partial charge in [0.05, 0.1) is 10.7 Å². The van der Waals surface area contributed by atoms with Crippen molar-refractivity contribution in [3.8, 4) is 0 Å². The van der Waals surface area contributed by atoms with Gasteiger partial charge in [-0.05, 0) is 6.42 Å². The molecular formula is C10H17N3OS. The van der Waals surface area contributed by atoms with Crippen LogP contribution >= 0.6 is 11.3 Å². The highest BCUT2D eigenvalue weighted by Gasteiger charge is 2.00. The lowest BCUT2D eigenvalue weighted by Crippen LogP contribution is -2.24. The van der Waals surface area contributed by atoms with Crippen LogP contribution in [-0.4, -0.2) is 24.5 Å². The Bertz CT molecular complexity index is 311. The molecule has 0 saturated heterocycles. The number of carbonyl (C=O) groups is 1. The van der Waals surface area contributed by atoms with Gasteiger partial charge in [-0.15, -0.1) is 11.3 Å². The van der Waals surface area contributed by atoms with E-state index in [-0.39, 0.29) is 5.91 Å². The maximum absolute atomic E-state index is 10.9. The zero-order chi connectivity index (χ0) is 11.1. The van der Waals surface area contributed by atoms with Crippen molar-refractivity contribution in [2.24, 2.45) is 0 Å². The highest BCUT2D eigenvalue weighted by Crippen LogP contribution is 2.09. The molecule has 84 valence electrons. The monoisotopic (exact) mass is 227 g/mol. The van der Waals surface area contributed by atoms with Crippen LogP contribution in [-0.2, 0) is 17.8 Å². The third-order valence-electron chi connectivity index (χ3n) is 2.02. The van der Waals surface area contributed by atoms with E-state index in [0.29, 0.717) is 13.0 Å². The molecule has 1 amide bonds. The number of nitrogens with one attached hydrogen (secondary N) is 2. The lowest BCUT2D eigenvalue weighted by Gasteiger charge is -2.01. The van der Waals surface area contributed by atoms with E-state index in [9.17, 15) is 4.79 Å². The molecule has 0 unspecified atom stereocenters. The van der Waals surface area contributed by atoms with Crippen LogP contribution in [0, 0.1) is 0 Å². The maximum Gasteiger partial charge on any atom is 0.221 e. The van der Waals surface area contributed by atoms with Gasteiger partial charge in [0.25, 0.3) is 0 Å². The first-order chi connectivity index (χ1) is 7.26. The zero-order valence-corrected chi connectivity index (χ0v) is 9.99. The second-order valence-electron chi connectivity index (χ2n) is 3.19. The van der Waals surface area contributed by atoms with Gasteiger partial charge in [-0.3, -0.25) is 4.79 Å². The first-order valence-electron chi connectivity index (χ1n) is 5.10. The average Bonchev–Trinajstić information content (AvgIpc) is 2.72. The van der Waals surface area contributed by atoms with Gasteiger partial charge < -0.3 is 10.6 Å². The van der Waals surface area contributed by atoms with E-state index in [2.05, 4.69) is 27.9 Å². The van der Waals surface area contributed by atoms with Crippen LogP contribution in [0.5, 0.6) is 0 Å². The maximum atomic E-state index is 10.9. The van der Waals surface area contributed by atoms with Crippen molar-refractivity contribution >= 4 is 17.2 Å². The molecule has 0 bridgehead atoms. The van der Waals surface area contributed by atoms with Gasteiger partial charge in [-0.1, -0.05) is 6.92 Å². The third kappa shape index (κ3) is 4.40. The summed E-state index contributed by atoms with van der Waals surface area (Å²) in [5.74, 6) is 0.0648. The summed E-state index contributed by atoms with van der Waals surface area (Å²) in [5, 5.41) is 9.00. The normalized spacial score (nSPS) is 10.3. The minimum atomic E-state index is 0.0648. The van der Waals surface area contributed by atoms with Crippen molar-refractivity contribution < 1.29 is 4.79 Å². The van der Waals surface area contributed by atoms with Crippen LogP contribution in [0.2, 0.25) is 0 Å². The predicted octanol–water partition coefficient (Wildman–Crippen LogP) is 0.931. The molecule has 0 saturated carbocycles. The molecule has 0 spiro atoms. The molecule has 0 aromatic carbocycles. The van der Waals surface area contributed by atoms with Gasteiger partial charge in [-0.2, -0.15) is 0 Å². The average molecular weight is 227 g/mol. The number of carbonyl (C=O) groups excluding carboxylic acids is 1. The SMILES string of the molecule is CCc1nc(CNCCC(=O)NC)cs1. The lowest BCUT2D eigenvalue weighted by atomic mass is 10.4. The molecule has 0 aliphatic carbocycles. The Morgan fingerprint density at radius 3 is 3.00 bits per heavy atom. The highest BCUT2D eigenvalue weighted by atomic mass is 32.1. The Morgan fingerprint density at radius 2 is 2.40 bits per heavy atom. The van der Waals surface area contributed by atoms with E-state index >= 15 is 0 Å². The van der Waals surface area contributed by atoms with Gasteiger partial charge in [0, 0.05) is 31.9 Å². The quantitative estimate of drug-likeness (QED) is 0.711. The van der Waals surface area contributed by atoms with Gasteiger partial charge in [0.15, 0.2) is 0 Å². The molecule has 0 aliphatic rings. The van der Waals surface area contributed by atoms with Crippen molar-refractivity contribution in [1.82, 2.24) is 15.6 Å². The number of hydrogen-bond donors (Lipinski definition) is 2. The highest BCUT2D eigenvalue weighted by molar-refractivity contribution is 7.09. The summed E-state index contributed by atoms with van der Waals surface area (Å²) in [7, 11) is 1.65. The fraction of sp³-hybridized carbons (Fsp3) is 0.600. The molecule has 1 rings (SSSR count). The van der Waals surface area contributed by atoms with Crippen LogP contribution in [0.25, 0.3) is 0 Å². The van der Waals surface area contributed by atoms with Crippen LogP contribution in [0.15, 0.2) is 5.38 Å². The fourth-order valence-electron chi connectivity index (χ4n) is 1.14. The van der Waals surface area contributed by atoms with E-state index in [4.69, 9.17) is 0 Å². The van der Waals surface area contributed by atoms with Crippen molar-refractivity contribution in [2.75, 3.05) is 13.6 Å². The Balaban J connectivity index is 2.17. The van der Waals surface area contributed by atoms with Crippen LogP contribution in [0.1, 0.15) is 24.0 Å². The zero-order valence-electron chi connectivity index (χ0n) is 9.17. The van der Waals surface area contributed by atoms with E-state index in [1.165, 1.54) is 0 Å². The molecule has 0 atom stereocenters. The Labute approximate surface area is 94.1 Å². The first-order valence-corrected chi connectivity index (χ1v) is 5.98. The Morgan fingerprint density at radius 1 is 1.60 bits per heavy atom. The van der Waals surface area contributed by atoms with E-state index < -0.39 is 0 Å². The molecule has 15 heavy (non-hydrogen) atoms. The van der Waals surface area contributed by atoms with Gasteiger partial charge in [0.2, 0.25) is 5.91 Å². The summed E-state index contributed by atoms with van der Waals surface area (Å²) in [4.78, 5) is 15.3. The van der Waals surface area contributed by atoms with Crippen molar-refractivity contribution in [2.45, 2.75) is 26.3 Å². The summed E-state index contributed by atoms with van der Waals surface area (Å²) in [6.07, 6.45) is 1.50. The predicted molar refractivity (Wildman–Crippen MR) is 61.9 cm³/mol. The second-order valence-corrected chi connectivity index (χ2v) is 4.13. The lowest BCUT2D eigenvalue weighted by molar-refractivity contribution is -0.120. The summed E-state index contributed by atoms with van der Waals surface area (Å²) >= 11 is 1.69. The number of thiazole rings is 1. The number of amides is 1. The van der Waals surface area contributed by atoms with Crippen LogP contribution < -0.4 is 10.6 Å². The number of aromatic nitrogens is 1. The molecular weight excluding hydrogens is 210 g/mol. The molecule has 4 nitrogen and oxygen atoms in total. The molecule has 0 radical (unpaired) electrons. The van der Waals surface area contributed by atoms with Crippen molar-refractivity contribution in [3.63, 3.8) is 0 Å². The number of rotatable bonds is 6. The number of nitrogens with zero attached hydrogens (tertiary/aromatic N) is 1. The fourth-order valence-corrected chi connectivity index (χ4v) is 1.88. The molecule has 1 aromatic heterocycles. The minimum Gasteiger partial charge on any atom is -0.359 e. The Hall–Kier alpha value is -0.940. The van der Waals surface area contributed by atoms with Crippen molar-refractivity contribution in [1.29, 1.82) is 0 Å². The molecule has 5 heteroatoms. The standard InChI is InChI=1S/C10H17N3OS/c1-3-10-13-8(7-15-10)6-12-5-4-9(14)11-2/h7,12H,3-6H2,1-2H3,(H,11,14). The minimum absolute atomic E-state index is 0.0648. The third-order valence-corrected chi connectivity index (χ3v) is 3.06. The summed E-state index contributed by atoms with van der Waals surface area (Å²) in [5.41, 5.74) is 1.06. The number of aryl methyl sites for hydroxylation is 1. The van der Waals surface area contributed by atoms with E-state index in [0.717, 1.165) is 23.7 Å². The molecule has 1 heterocycles. The summed E-state index contributed by atoms with van der Waals surface area (Å²) < 4.78 is 0. The summed E-state index contributed by atoms with van der Waals surface area (Å²) in [6, 6.07) is 0. The van der Waals surface area contributed by atoms with Crippen LogP contribution in [0.3, 0.4) is 0 Å². The van der Waals surface area contributed by atoms with E-state index in [1.807, 2.05) is 0 Å². The molecule has 0 fully saturated rings. The molecule has 2 N–H and O–H groups in total. The smallest absolute Gasteiger partial charge is 0.221 e. The largest absolute Gasteiger partial charge is 0.359 e. The molecule has 0 aliphatic heterocycles. The van der Waals surface area contributed by atoms with E-state index in [1.54, 1.807) is 18.4 Å². The van der Waals surface area contributed by atoms with Crippen molar-refractivity contribution in [3.05, 3.63) is 16.1 Å². The van der Waals surface area contributed by atoms with Gasteiger partial charge in [-0.25, -0.2) is 4.98 Å².